The van der Waals surface area contributed by atoms with Crippen LogP contribution in [0.4, 0.5) is 11.4 Å². The minimum atomic E-state index is -0.396. The summed E-state index contributed by atoms with van der Waals surface area (Å²) in [5, 5.41) is 21.9. The Kier molecular flexibility index (Phi) is 9.00. The third-order valence-corrected chi connectivity index (χ3v) is 4.52. The van der Waals surface area contributed by atoms with Crippen LogP contribution in [0.1, 0.15) is 35.6 Å². The van der Waals surface area contributed by atoms with Crippen molar-refractivity contribution in [2.24, 2.45) is 0 Å². The molecule has 1 aliphatic rings. The number of carbonyl (C=O) groups excluding carboxylic acids is 1. The fourth-order valence-corrected chi connectivity index (χ4v) is 2.76. The average molecular weight is 636 g/mol. The van der Waals surface area contributed by atoms with E-state index in [4.69, 9.17) is 16.4 Å². The number of carbonyl (C=O) groups is 1. The number of rotatable bonds is 4. The number of pyridine rings is 1. The lowest BCUT2D eigenvalue weighted by Crippen LogP contribution is -2.34. The highest BCUT2D eigenvalue weighted by Crippen LogP contribution is 2.22. The van der Waals surface area contributed by atoms with Crippen LogP contribution in [-0.2, 0) is 0 Å². The molecule has 9 nitrogen and oxygen atoms in total. The van der Waals surface area contributed by atoms with E-state index in [9.17, 15) is 4.79 Å². The number of hydrogen-bond acceptors (Lipinski definition) is 8. The number of nitrogens with two attached hydrogens (primary N) is 1. The molecule has 0 saturated heterocycles. The highest BCUT2D eigenvalue weighted by atomic mass is 127. The maximum absolute atomic E-state index is 12.7. The summed E-state index contributed by atoms with van der Waals surface area (Å²) in [5.74, 6) is -0.396. The first kappa shape index (κ1) is 25.6. The van der Waals surface area contributed by atoms with Gasteiger partial charge < -0.3 is 16.5 Å². The van der Waals surface area contributed by atoms with Crippen LogP contribution < -0.4 is 22.0 Å². The molecule has 162 valence electrons. The lowest BCUT2D eigenvalue weighted by atomic mass is 10.0. The van der Waals surface area contributed by atoms with Crippen molar-refractivity contribution < 1.29 is 7.65 Å². The SMILES string of the molecule is Cc1c(C#N)cnc(C(=O)Nc2ccc(N)c(C(=N)C3=CN(C)NN3)c2)c1C.I.I.[HH].[HH]. The largest absolute Gasteiger partial charge is 0.398 e. The molecule has 0 unspecified atom stereocenters. The second-order valence-electron chi connectivity index (χ2n) is 6.40. The highest BCUT2D eigenvalue weighted by molar-refractivity contribution is 14.0. The molecule has 11 heteroatoms. The zero-order valence-corrected chi connectivity index (χ0v) is 21.2. The third kappa shape index (κ3) is 5.18. The minimum Gasteiger partial charge on any atom is -0.398 e. The van der Waals surface area contributed by atoms with E-state index in [-0.39, 0.29) is 62.2 Å². The fraction of sp³-hybridized carbons (Fsp3) is 0.158. The Morgan fingerprint density at radius 2 is 2.03 bits per heavy atom. The Balaban J connectivity index is 0. The van der Waals surface area contributed by atoms with Crippen molar-refractivity contribution in [1.82, 2.24) is 21.0 Å². The van der Waals surface area contributed by atoms with Gasteiger partial charge in [0.15, 0.2) is 0 Å². The van der Waals surface area contributed by atoms with Gasteiger partial charge in [-0.1, -0.05) is 0 Å². The van der Waals surface area contributed by atoms with E-state index in [0.29, 0.717) is 33.8 Å². The number of benzene rings is 1. The number of aromatic nitrogens is 1. The van der Waals surface area contributed by atoms with Crippen molar-refractivity contribution >= 4 is 70.9 Å². The van der Waals surface area contributed by atoms with Gasteiger partial charge in [-0.3, -0.25) is 15.2 Å². The Hall–Kier alpha value is -2.44. The van der Waals surface area contributed by atoms with E-state index in [1.807, 2.05) is 0 Å². The molecular formula is C19H26I2N8O. The number of hydrazine groups is 2. The predicted octanol–water partition coefficient (Wildman–Crippen LogP) is 3.30. The molecule has 1 aliphatic heterocycles. The lowest BCUT2D eigenvalue weighted by Gasteiger charge is -2.13. The number of nitrogens with zero attached hydrogens (tertiary/aromatic N) is 3. The van der Waals surface area contributed by atoms with Crippen LogP contribution in [0.25, 0.3) is 0 Å². The van der Waals surface area contributed by atoms with Crippen LogP contribution >= 0.6 is 48.0 Å². The molecule has 0 spiro atoms. The second kappa shape index (κ2) is 10.5. The Bertz CT molecular complexity index is 1070. The molecule has 0 bridgehead atoms. The lowest BCUT2D eigenvalue weighted by molar-refractivity contribution is 0.102. The van der Waals surface area contributed by atoms with Gasteiger partial charge in [-0.05, 0) is 43.2 Å². The number of nitrogens with one attached hydrogen (secondary N) is 4. The Morgan fingerprint density at radius 1 is 1.33 bits per heavy atom. The minimum absolute atomic E-state index is 0. The van der Waals surface area contributed by atoms with E-state index in [2.05, 4.69) is 27.3 Å². The van der Waals surface area contributed by atoms with Crippen LogP contribution in [0.5, 0.6) is 0 Å². The maximum atomic E-state index is 12.7. The van der Waals surface area contributed by atoms with Crippen molar-refractivity contribution in [2.45, 2.75) is 13.8 Å². The first-order valence-electron chi connectivity index (χ1n) is 8.44. The third-order valence-electron chi connectivity index (χ3n) is 4.52. The molecule has 30 heavy (non-hydrogen) atoms. The van der Waals surface area contributed by atoms with Crippen LogP contribution in [0.3, 0.4) is 0 Å². The number of amides is 1. The summed E-state index contributed by atoms with van der Waals surface area (Å²) in [6.45, 7) is 3.53. The first-order valence-corrected chi connectivity index (χ1v) is 8.44. The van der Waals surface area contributed by atoms with Crippen LogP contribution in [0.15, 0.2) is 36.3 Å². The summed E-state index contributed by atoms with van der Waals surface area (Å²) in [6.07, 6.45) is 3.11. The molecule has 6 N–H and O–H groups in total. The zero-order chi connectivity index (χ0) is 20.4. The normalized spacial score (nSPS) is 11.9. The monoisotopic (exact) mass is 636 g/mol. The number of hydrogen-bond donors (Lipinski definition) is 5. The molecule has 0 aliphatic carbocycles. The van der Waals surface area contributed by atoms with Gasteiger partial charge in [0.05, 0.1) is 17.0 Å². The summed E-state index contributed by atoms with van der Waals surface area (Å²) in [6, 6.07) is 7.00. The number of anilines is 2. The van der Waals surface area contributed by atoms with Crippen molar-refractivity contribution in [3.8, 4) is 6.07 Å². The van der Waals surface area contributed by atoms with Gasteiger partial charge in [0.1, 0.15) is 11.8 Å². The van der Waals surface area contributed by atoms with Gasteiger partial charge in [-0.2, -0.15) is 5.26 Å². The van der Waals surface area contributed by atoms with E-state index in [1.165, 1.54) is 6.20 Å². The summed E-state index contributed by atoms with van der Waals surface area (Å²) in [5.41, 5.74) is 15.9. The summed E-state index contributed by atoms with van der Waals surface area (Å²) < 4.78 is 0. The van der Waals surface area contributed by atoms with E-state index >= 15 is 0 Å². The average Bonchev–Trinajstić information content (AvgIpc) is 3.11. The number of nitrogen functional groups attached to an aromatic ring is 1. The van der Waals surface area contributed by atoms with Crippen molar-refractivity contribution in [3.05, 3.63) is 64.2 Å². The van der Waals surface area contributed by atoms with Gasteiger partial charge in [-0.25, -0.2) is 4.98 Å². The molecule has 0 fully saturated rings. The molecule has 2 heterocycles. The zero-order valence-electron chi connectivity index (χ0n) is 16.5. The fourth-order valence-electron chi connectivity index (χ4n) is 2.76. The molecular weight excluding hydrogens is 610 g/mol. The van der Waals surface area contributed by atoms with Crippen molar-refractivity contribution in [3.63, 3.8) is 0 Å². The number of allylic oxidation sites excluding steroid dienone is 1. The molecule has 3 rings (SSSR count). The molecule has 1 aromatic carbocycles. The predicted molar refractivity (Wildman–Crippen MR) is 141 cm³/mol. The van der Waals surface area contributed by atoms with Gasteiger partial charge in [0.2, 0.25) is 0 Å². The van der Waals surface area contributed by atoms with Crippen molar-refractivity contribution in [2.75, 3.05) is 18.1 Å². The number of nitriles is 1. The molecule has 0 atom stereocenters. The molecule has 2 aromatic rings. The van der Waals surface area contributed by atoms with Gasteiger partial charge >= 0.3 is 0 Å². The van der Waals surface area contributed by atoms with Crippen LogP contribution in [0.2, 0.25) is 0 Å². The second-order valence-corrected chi connectivity index (χ2v) is 6.40. The molecule has 1 aromatic heterocycles. The summed E-state index contributed by atoms with van der Waals surface area (Å²) in [7, 11) is 1.79. The van der Waals surface area contributed by atoms with Crippen molar-refractivity contribution in [1.29, 1.82) is 10.7 Å². The van der Waals surface area contributed by atoms with Crippen LogP contribution in [-0.4, -0.2) is 28.7 Å². The molecule has 1 amide bonds. The van der Waals surface area contributed by atoms with Crippen LogP contribution in [0, 0.1) is 30.6 Å². The molecule has 0 saturated carbocycles. The van der Waals surface area contributed by atoms with E-state index < -0.39 is 5.91 Å². The van der Waals surface area contributed by atoms with E-state index in [1.54, 1.807) is 50.3 Å². The van der Waals surface area contributed by atoms with E-state index in [0.717, 1.165) is 5.56 Å². The topological polar surface area (TPSA) is 143 Å². The Morgan fingerprint density at radius 3 is 2.63 bits per heavy atom. The molecule has 0 radical (unpaired) electrons. The Labute approximate surface area is 211 Å². The summed E-state index contributed by atoms with van der Waals surface area (Å²) >= 11 is 0. The summed E-state index contributed by atoms with van der Waals surface area (Å²) in [4.78, 5) is 16.8. The quantitative estimate of drug-likeness (QED) is 0.197. The first-order chi connectivity index (χ1) is 13.3. The maximum Gasteiger partial charge on any atom is 0.274 e. The van der Waals surface area contributed by atoms with Gasteiger partial charge in [0.25, 0.3) is 5.91 Å². The highest BCUT2D eigenvalue weighted by Gasteiger charge is 2.18. The van der Waals surface area contributed by atoms with Gasteiger partial charge in [-0.15, -0.1) is 53.5 Å². The smallest absolute Gasteiger partial charge is 0.274 e. The van der Waals surface area contributed by atoms with Gasteiger partial charge in [0, 0.05) is 39.2 Å². The standard InChI is InChI=1S/C19H20N8O.2HI.2H2/c1-10-11(2)18(23-8-12(10)7-20)19(28)24-13-4-5-15(21)14(6-13)17(22)16-9-27(3)26-25-16;;;;/h4-6,8-9,22,25-26H,21H2,1-3H3,(H,24,28);4*1H. The number of halogens is 2.